The topological polar surface area (TPSA) is 21.3 Å². The van der Waals surface area contributed by atoms with Gasteiger partial charge in [-0.1, -0.05) is 18.2 Å². The van der Waals surface area contributed by atoms with Crippen molar-refractivity contribution in [2.75, 3.05) is 6.61 Å². The molecule has 1 fully saturated rings. The van der Waals surface area contributed by atoms with Crippen molar-refractivity contribution in [3.8, 4) is 0 Å². The maximum atomic E-state index is 5.65. The Hall–Kier alpha value is -0.860. The van der Waals surface area contributed by atoms with Crippen molar-refractivity contribution < 1.29 is 4.74 Å². The molecule has 2 unspecified atom stereocenters. The molecule has 1 N–H and O–H groups in total. The zero-order valence-corrected chi connectivity index (χ0v) is 11.3. The van der Waals surface area contributed by atoms with Crippen molar-refractivity contribution >= 4 is 0 Å². The molecule has 2 atom stereocenters. The van der Waals surface area contributed by atoms with Gasteiger partial charge in [0.15, 0.2) is 0 Å². The Balaban J connectivity index is 2.07. The molecule has 0 saturated carbocycles. The zero-order chi connectivity index (χ0) is 12.5. The lowest BCUT2D eigenvalue weighted by Gasteiger charge is -2.29. The van der Waals surface area contributed by atoms with E-state index in [1.807, 2.05) is 0 Å². The van der Waals surface area contributed by atoms with Gasteiger partial charge >= 0.3 is 0 Å². The average Bonchev–Trinajstić information content (AvgIpc) is 2.59. The van der Waals surface area contributed by atoms with Crippen molar-refractivity contribution in [2.45, 2.75) is 52.3 Å². The summed E-state index contributed by atoms with van der Waals surface area (Å²) in [6, 6.07) is 6.49. The van der Waals surface area contributed by atoms with Crippen LogP contribution < -0.4 is 5.32 Å². The molecular formula is C15H23NO. The molecule has 1 aromatic rings. The van der Waals surface area contributed by atoms with Crippen molar-refractivity contribution in [1.82, 2.24) is 5.32 Å². The Morgan fingerprint density at radius 2 is 2.00 bits per heavy atom. The second-order valence-electron chi connectivity index (χ2n) is 5.40. The van der Waals surface area contributed by atoms with E-state index in [0.717, 1.165) is 19.6 Å². The molecule has 1 heterocycles. The highest BCUT2D eigenvalue weighted by Gasteiger charge is 2.36. The van der Waals surface area contributed by atoms with Crippen LogP contribution in [0.5, 0.6) is 0 Å². The van der Waals surface area contributed by atoms with Gasteiger partial charge in [-0.25, -0.2) is 0 Å². The Labute approximate surface area is 104 Å². The van der Waals surface area contributed by atoms with Gasteiger partial charge in [0.2, 0.25) is 0 Å². The molecular weight excluding hydrogens is 210 g/mol. The van der Waals surface area contributed by atoms with Gasteiger partial charge in [0.1, 0.15) is 0 Å². The van der Waals surface area contributed by atoms with Gasteiger partial charge in [0.05, 0.1) is 6.10 Å². The number of nitrogens with one attached hydrogen (secondary N) is 1. The number of hydrogen-bond donors (Lipinski definition) is 1. The second-order valence-corrected chi connectivity index (χ2v) is 5.40. The maximum absolute atomic E-state index is 5.65. The molecule has 0 bridgehead atoms. The summed E-state index contributed by atoms with van der Waals surface area (Å²) < 4.78 is 5.65. The summed E-state index contributed by atoms with van der Waals surface area (Å²) in [6.45, 7) is 10.6. The first-order valence-corrected chi connectivity index (χ1v) is 6.45. The second kappa shape index (κ2) is 4.79. The van der Waals surface area contributed by atoms with E-state index in [-0.39, 0.29) is 5.54 Å². The van der Waals surface area contributed by atoms with Gasteiger partial charge in [-0.05, 0) is 50.8 Å². The molecule has 0 aliphatic carbocycles. The molecule has 94 valence electrons. The third kappa shape index (κ3) is 2.53. The van der Waals surface area contributed by atoms with Gasteiger partial charge in [-0.15, -0.1) is 0 Å². The lowest BCUT2D eigenvalue weighted by molar-refractivity contribution is 0.0881. The highest BCUT2D eigenvalue weighted by atomic mass is 16.5. The highest BCUT2D eigenvalue weighted by Crippen LogP contribution is 2.26. The predicted molar refractivity (Wildman–Crippen MR) is 71.2 cm³/mol. The van der Waals surface area contributed by atoms with Crippen LogP contribution >= 0.6 is 0 Å². The summed E-state index contributed by atoms with van der Waals surface area (Å²) in [5, 5.41) is 3.68. The zero-order valence-electron chi connectivity index (χ0n) is 11.3. The fraction of sp³-hybridized carbons (Fsp3) is 0.600. The van der Waals surface area contributed by atoms with Crippen LogP contribution in [-0.4, -0.2) is 18.2 Å². The van der Waals surface area contributed by atoms with E-state index in [0.29, 0.717) is 6.10 Å². The monoisotopic (exact) mass is 233 g/mol. The van der Waals surface area contributed by atoms with Crippen molar-refractivity contribution in [1.29, 1.82) is 0 Å². The molecule has 1 saturated heterocycles. The van der Waals surface area contributed by atoms with E-state index in [1.165, 1.54) is 16.7 Å². The first kappa shape index (κ1) is 12.6. The van der Waals surface area contributed by atoms with Crippen LogP contribution in [0.3, 0.4) is 0 Å². The minimum absolute atomic E-state index is 0.120. The molecule has 0 spiro atoms. The summed E-state index contributed by atoms with van der Waals surface area (Å²) in [7, 11) is 0. The average molecular weight is 233 g/mol. The van der Waals surface area contributed by atoms with Gasteiger partial charge in [0.25, 0.3) is 0 Å². The fourth-order valence-electron chi connectivity index (χ4n) is 2.49. The van der Waals surface area contributed by atoms with Crippen molar-refractivity contribution in [2.24, 2.45) is 0 Å². The molecule has 0 aromatic heterocycles. The third-order valence-electron chi connectivity index (χ3n) is 4.20. The standard InChI is InChI=1S/C15H23NO/c1-11-6-5-7-12(2)14(11)10-16-15(4)8-9-17-13(15)3/h5-7,13,16H,8-10H2,1-4H3. The van der Waals surface area contributed by atoms with E-state index in [1.54, 1.807) is 0 Å². The van der Waals surface area contributed by atoms with Crippen LogP contribution in [0, 0.1) is 13.8 Å². The van der Waals surface area contributed by atoms with Crippen LogP contribution in [-0.2, 0) is 11.3 Å². The van der Waals surface area contributed by atoms with Gasteiger partial charge < -0.3 is 10.1 Å². The van der Waals surface area contributed by atoms with E-state index < -0.39 is 0 Å². The van der Waals surface area contributed by atoms with Crippen LogP contribution in [0.1, 0.15) is 37.0 Å². The molecule has 1 aliphatic rings. The minimum atomic E-state index is 0.120. The van der Waals surface area contributed by atoms with Crippen LogP contribution in [0.4, 0.5) is 0 Å². The van der Waals surface area contributed by atoms with Crippen LogP contribution in [0.2, 0.25) is 0 Å². The summed E-state index contributed by atoms with van der Waals surface area (Å²) in [5.41, 5.74) is 4.28. The van der Waals surface area contributed by atoms with E-state index in [9.17, 15) is 0 Å². The van der Waals surface area contributed by atoms with E-state index in [2.05, 4.69) is 51.2 Å². The minimum Gasteiger partial charge on any atom is -0.377 e. The van der Waals surface area contributed by atoms with E-state index in [4.69, 9.17) is 4.74 Å². The lowest BCUT2D eigenvalue weighted by atomic mass is 9.93. The molecule has 2 rings (SSSR count). The molecule has 2 heteroatoms. The fourth-order valence-corrected chi connectivity index (χ4v) is 2.49. The lowest BCUT2D eigenvalue weighted by Crippen LogP contribution is -2.47. The predicted octanol–water partition coefficient (Wildman–Crippen LogP) is 2.96. The SMILES string of the molecule is Cc1cccc(C)c1CNC1(C)CCOC1C. The van der Waals surface area contributed by atoms with Gasteiger partial charge in [0, 0.05) is 18.7 Å². The molecule has 17 heavy (non-hydrogen) atoms. The summed E-state index contributed by atoms with van der Waals surface area (Å²) in [4.78, 5) is 0. The number of benzene rings is 1. The molecule has 0 radical (unpaired) electrons. The molecule has 0 amide bonds. The maximum Gasteiger partial charge on any atom is 0.0726 e. The number of rotatable bonds is 3. The van der Waals surface area contributed by atoms with Gasteiger partial charge in [-0.3, -0.25) is 0 Å². The largest absolute Gasteiger partial charge is 0.377 e. The first-order chi connectivity index (χ1) is 8.03. The first-order valence-electron chi connectivity index (χ1n) is 6.45. The normalized spacial score (nSPS) is 28.6. The van der Waals surface area contributed by atoms with E-state index >= 15 is 0 Å². The van der Waals surface area contributed by atoms with Crippen LogP contribution in [0.15, 0.2) is 18.2 Å². The highest BCUT2D eigenvalue weighted by molar-refractivity contribution is 5.33. The summed E-state index contributed by atoms with van der Waals surface area (Å²) >= 11 is 0. The Kier molecular flexibility index (Phi) is 3.55. The Morgan fingerprint density at radius 1 is 1.35 bits per heavy atom. The third-order valence-corrected chi connectivity index (χ3v) is 4.20. The van der Waals surface area contributed by atoms with Gasteiger partial charge in [-0.2, -0.15) is 0 Å². The number of aryl methyl sites for hydroxylation is 2. The molecule has 1 aliphatic heterocycles. The number of hydrogen-bond acceptors (Lipinski definition) is 2. The molecule has 1 aromatic carbocycles. The summed E-state index contributed by atoms with van der Waals surface area (Å²) in [6.07, 6.45) is 1.39. The van der Waals surface area contributed by atoms with Crippen LogP contribution in [0.25, 0.3) is 0 Å². The summed E-state index contributed by atoms with van der Waals surface area (Å²) in [5.74, 6) is 0. The van der Waals surface area contributed by atoms with Crippen molar-refractivity contribution in [3.05, 3.63) is 34.9 Å². The Morgan fingerprint density at radius 3 is 2.53 bits per heavy atom. The van der Waals surface area contributed by atoms with Crippen molar-refractivity contribution in [3.63, 3.8) is 0 Å². The Bertz CT molecular complexity index is 382. The quantitative estimate of drug-likeness (QED) is 0.866. The molecule has 2 nitrogen and oxygen atoms in total. The number of ether oxygens (including phenoxy) is 1. The smallest absolute Gasteiger partial charge is 0.0726 e.